The van der Waals surface area contributed by atoms with E-state index in [0.717, 1.165) is 6.42 Å². The lowest BCUT2D eigenvalue weighted by molar-refractivity contribution is 0.278. The quantitative estimate of drug-likeness (QED) is 0.711. The Labute approximate surface area is 100 Å². The smallest absolute Gasteiger partial charge is 0.224 e. The van der Waals surface area contributed by atoms with Crippen molar-refractivity contribution in [3.8, 4) is 0 Å². The number of nitrogens with zero attached hydrogens (tertiary/aromatic N) is 2. The van der Waals surface area contributed by atoms with E-state index in [2.05, 4.69) is 20.6 Å². The molecule has 1 heterocycles. The summed E-state index contributed by atoms with van der Waals surface area (Å²) < 4.78 is 0. The summed E-state index contributed by atoms with van der Waals surface area (Å²) in [5.74, 6) is 1.12. The molecule has 16 heavy (non-hydrogen) atoms. The number of halogens is 1. The summed E-state index contributed by atoms with van der Waals surface area (Å²) >= 11 is 5.98. The Bertz CT molecular complexity index is 335. The lowest BCUT2D eigenvalue weighted by Crippen LogP contribution is -2.21. The van der Waals surface area contributed by atoms with Crippen molar-refractivity contribution in [3.05, 3.63) is 11.2 Å². The van der Waals surface area contributed by atoms with Gasteiger partial charge < -0.3 is 15.7 Å². The predicted octanol–water partition coefficient (Wildman–Crippen LogP) is 1.74. The van der Waals surface area contributed by atoms with Gasteiger partial charge in [0.1, 0.15) is 5.02 Å². The molecule has 0 saturated heterocycles. The van der Waals surface area contributed by atoms with Crippen LogP contribution in [-0.4, -0.2) is 34.8 Å². The Morgan fingerprint density at radius 1 is 1.56 bits per heavy atom. The first-order valence-corrected chi connectivity index (χ1v) is 5.66. The van der Waals surface area contributed by atoms with E-state index in [1.165, 1.54) is 0 Å². The maximum atomic E-state index is 8.90. The zero-order valence-electron chi connectivity index (χ0n) is 9.50. The fraction of sp³-hybridized carbons (Fsp3) is 0.600. The van der Waals surface area contributed by atoms with Gasteiger partial charge in [-0.2, -0.15) is 4.98 Å². The van der Waals surface area contributed by atoms with Crippen LogP contribution in [0, 0.1) is 0 Å². The van der Waals surface area contributed by atoms with Crippen LogP contribution in [0.4, 0.5) is 11.8 Å². The van der Waals surface area contributed by atoms with Gasteiger partial charge in [0.2, 0.25) is 5.95 Å². The van der Waals surface area contributed by atoms with Gasteiger partial charge in [-0.25, -0.2) is 4.98 Å². The average molecular weight is 245 g/mol. The predicted molar refractivity (Wildman–Crippen MR) is 66.0 cm³/mol. The molecule has 0 aliphatic carbocycles. The Hall–Kier alpha value is -1.07. The summed E-state index contributed by atoms with van der Waals surface area (Å²) in [6.45, 7) is 2.19. The number of hydrogen-bond donors (Lipinski definition) is 3. The lowest BCUT2D eigenvalue weighted by Gasteiger charge is -2.17. The van der Waals surface area contributed by atoms with Gasteiger partial charge in [-0.15, -0.1) is 0 Å². The van der Waals surface area contributed by atoms with Gasteiger partial charge >= 0.3 is 0 Å². The normalized spacial score (nSPS) is 12.2. The number of aliphatic hydroxyl groups excluding tert-OH is 1. The van der Waals surface area contributed by atoms with Gasteiger partial charge in [0, 0.05) is 19.7 Å². The van der Waals surface area contributed by atoms with Crippen LogP contribution in [0.25, 0.3) is 0 Å². The Balaban J connectivity index is 2.77. The maximum Gasteiger partial charge on any atom is 0.224 e. The van der Waals surface area contributed by atoms with Crippen LogP contribution < -0.4 is 10.6 Å². The van der Waals surface area contributed by atoms with Crippen LogP contribution in [0.5, 0.6) is 0 Å². The minimum absolute atomic E-state index is 0.146. The van der Waals surface area contributed by atoms with E-state index in [-0.39, 0.29) is 12.6 Å². The van der Waals surface area contributed by atoms with E-state index in [4.69, 9.17) is 16.7 Å². The third-order valence-corrected chi connectivity index (χ3v) is 2.56. The number of anilines is 2. The van der Waals surface area contributed by atoms with Crippen molar-refractivity contribution >= 4 is 23.4 Å². The molecule has 1 atom stereocenters. The van der Waals surface area contributed by atoms with Crippen molar-refractivity contribution in [2.24, 2.45) is 0 Å². The molecule has 0 bridgehead atoms. The van der Waals surface area contributed by atoms with Crippen molar-refractivity contribution in [1.82, 2.24) is 9.97 Å². The van der Waals surface area contributed by atoms with E-state index < -0.39 is 0 Å². The van der Waals surface area contributed by atoms with Crippen molar-refractivity contribution < 1.29 is 5.11 Å². The highest BCUT2D eigenvalue weighted by atomic mass is 35.5. The minimum Gasteiger partial charge on any atom is -0.396 e. The molecule has 0 saturated carbocycles. The molecule has 0 radical (unpaired) electrons. The van der Waals surface area contributed by atoms with E-state index in [1.807, 2.05) is 6.92 Å². The highest BCUT2D eigenvalue weighted by Gasteiger charge is 2.10. The second-order valence-corrected chi connectivity index (χ2v) is 3.81. The Kier molecular flexibility index (Phi) is 5.28. The molecule has 0 aliphatic rings. The largest absolute Gasteiger partial charge is 0.396 e. The van der Waals surface area contributed by atoms with E-state index >= 15 is 0 Å². The molecule has 0 fully saturated rings. The highest BCUT2D eigenvalue weighted by molar-refractivity contribution is 6.32. The number of nitrogens with one attached hydrogen (secondary N) is 2. The topological polar surface area (TPSA) is 70.1 Å². The molecule has 0 aliphatic heterocycles. The molecule has 3 N–H and O–H groups in total. The number of aliphatic hydroxyl groups is 1. The second kappa shape index (κ2) is 6.50. The zero-order chi connectivity index (χ0) is 12.0. The third kappa shape index (κ3) is 3.50. The van der Waals surface area contributed by atoms with Crippen molar-refractivity contribution in [2.75, 3.05) is 24.3 Å². The molecule has 1 aromatic heterocycles. The molecule has 0 spiro atoms. The molecule has 6 heteroatoms. The fourth-order valence-electron chi connectivity index (χ4n) is 1.32. The standard InChI is InChI=1S/C10H17ClN4O/c1-3-7(4-5-16)14-9-8(11)6-13-10(12-2)15-9/h6-7,16H,3-5H2,1-2H3,(H2,12,13,14,15). The van der Waals surface area contributed by atoms with E-state index in [9.17, 15) is 0 Å². The average Bonchev–Trinajstić information content (AvgIpc) is 2.31. The summed E-state index contributed by atoms with van der Waals surface area (Å²) in [5, 5.41) is 15.4. The Morgan fingerprint density at radius 3 is 2.88 bits per heavy atom. The van der Waals surface area contributed by atoms with E-state index in [1.54, 1.807) is 13.2 Å². The first kappa shape index (κ1) is 13.0. The van der Waals surface area contributed by atoms with Gasteiger partial charge in [-0.05, 0) is 12.8 Å². The zero-order valence-corrected chi connectivity index (χ0v) is 10.3. The SMILES string of the molecule is CCC(CCO)Nc1nc(NC)ncc1Cl. The summed E-state index contributed by atoms with van der Waals surface area (Å²) in [6.07, 6.45) is 3.12. The molecule has 1 aromatic rings. The number of hydrogen-bond acceptors (Lipinski definition) is 5. The minimum atomic E-state index is 0.146. The van der Waals surface area contributed by atoms with Gasteiger partial charge in [0.15, 0.2) is 5.82 Å². The molecule has 1 unspecified atom stereocenters. The molecule has 0 aromatic carbocycles. The molecular weight excluding hydrogens is 228 g/mol. The van der Waals surface area contributed by atoms with E-state index in [0.29, 0.717) is 23.2 Å². The van der Waals surface area contributed by atoms with Crippen molar-refractivity contribution in [3.63, 3.8) is 0 Å². The van der Waals surface area contributed by atoms with Crippen LogP contribution in [0.1, 0.15) is 19.8 Å². The van der Waals surface area contributed by atoms with Crippen molar-refractivity contribution in [2.45, 2.75) is 25.8 Å². The van der Waals surface area contributed by atoms with Crippen LogP contribution in [0.15, 0.2) is 6.20 Å². The summed E-state index contributed by atoms with van der Waals surface area (Å²) in [6, 6.07) is 0.169. The summed E-state index contributed by atoms with van der Waals surface area (Å²) in [7, 11) is 1.75. The first-order chi connectivity index (χ1) is 7.71. The molecular formula is C10H17ClN4O. The summed E-state index contributed by atoms with van der Waals surface area (Å²) in [5.41, 5.74) is 0. The third-order valence-electron chi connectivity index (χ3n) is 2.28. The Morgan fingerprint density at radius 2 is 2.31 bits per heavy atom. The molecule has 90 valence electrons. The van der Waals surface area contributed by atoms with Gasteiger partial charge in [0.05, 0.1) is 6.20 Å². The van der Waals surface area contributed by atoms with Crippen LogP contribution in [-0.2, 0) is 0 Å². The lowest BCUT2D eigenvalue weighted by atomic mass is 10.1. The van der Waals surface area contributed by atoms with Gasteiger partial charge in [-0.3, -0.25) is 0 Å². The molecule has 5 nitrogen and oxygen atoms in total. The monoisotopic (exact) mass is 244 g/mol. The second-order valence-electron chi connectivity index (χ2n) is 3.40. The van der Waals surface area contributed by atoms with Crippen LogP contribution in [0.2, 0.25) is 5.02 Å². The van der Waals surface area contributed by atoms with Crippen LogP contribution in [0.3, 0.4) is 0 Å². The van der Waals surface area contributed by atoms with Crippen LogP contribution >= 0.6 is 11.6 Å². The van der Waals surface area contributed by atoms with Gasteiger partial charge in [0.25, 0.3) is 0 Å². The molecule has 0 amide bonds. The maximum absolute atomic E-state index is 8.90. The molecule has 1 rings (SSSR count). The van der Waals surface area contributed by atoms with Crippen molar-refractivity contribution in [1.29, 1.82) is 0 Å². The van der Waals surface area contributed by atoms with Gasteiger partial charge in [-0.1, -0.05) is 18.5 Å². The number of rotatable bonds is 6. The summed E-state index contributed by atoms with van der Waals surface area (Å²) in [4.78, 5) is 8.21. The first-order valence-electron chi connectivity index (χ1n) is 5.29. The highest BCUT2D eigenvalue weighted by Crippen LogP contribution is 2.21. The fourth-order valence-corrected chi connectivity index (χ4v) is 1.46. The number of aromatic nitrogens is 2.